The molecule has 0 saturated carbocycles. The Morgan fingerprint density at radius 3 is 2.94 bits per heavy atom. The van der Waals surface area contributed by atoms with Gasteiger partial charge >= 0.3 is 0 Å². The van der Waals surface area contributed by atoms with Gasteiger partial charge in [-0.05, 0) is 18.7 Å². The SMILES string of the molecule is CNCC=Cc1ccccc1-c1ccn[nH]1. The summed E-state index contributed by atoms with van der Waals surface area (Å²) in [6, 6.07) is 10.2. The zero-order valence-corrected chi connectivity index (χ0v) is 9.27. The Hall–Kier alpha value is -1.87. The van der Waals surface area contributed by atoms with Gasteiger partial charge in [0.1, 0.15) is 0 Å². The number of hydrogen-bond acceptors (Lipinski definition) is 2. The third-order valence-corrected chi connectivity index (χ3v) is 2.37. The van der Waals surface area contributed by atoms with Gasteiger partial charge in [0, 0.05) is 18.3 Å². The molecule has 0 radical (unpaired) electrons. The number of hydrogen-bond donors (Lipinski definition) is 2. The Labute approximate surface area is 95.2 Å². The van der Waals surface area contributed by atoms with Gasteiger partial charge in [-0.25, -0.2) is 0 Å². The smallest absolute Gasteiger partial charge is 0.0656 e. The van der Waals surface area contributed by atoms with Gasteiger partial charge in [-0.1, -0.05) is 36.4 Å². The highest BCUT2D eigenvalue weighted by atomic mass is 15.1. The standard InChI is InChI=1S/C13H15N3/c1-14-9-4-6-11-5-2-3-7-12(11)13-8-10-15-16-13/h2-8,10,14H,9H2,1H3,(H,15,16). The zero-order chi connectivity index (χ0) is 11.2. The monoisotopic (exact) mass is 213 g/mol. The van der Waals surface area contributed by atoms with E-state index in [1.54, 1.807) is 6.20 Å². The second-order valence-corrected chi connectivity index (χ2v) is 3.52. The van der Waals surface area contributed by atoms with E-state index in [1.165, 1.54) is 11.1 Å². The van der Waals surface area contributed by atoms with E-state index in [4.69, 9.17) is 0 Å². The molecule has 0 unspecified atom stereocenters. The molecule has 1 aromatic carbocycles. The molecule has 16 heavy (non-hydrogen) atoms. The summed E-state index contributed by atoms with van der Waals surface area (Å²) in [5.74, 6) is 0. The number of aromatic amines is 1. The van der Waals surface area contributed by atoms with Crippen LogP contribution in [0, 0.1) is 0 Å². The van der Waals surface area contributed by atoms with Crippen molar-refractivity contribution in [1.29, 1.82) is 0 Å². The predicted molar refractivity (Wildman–Crippen MR) is 67.0 cm³/mol. The summed E-state index contributed by atoms with van der Waals surface area (Å²) in [5, 5.41) is 10.0. The number of H-pyrrole nitrogens is 1. The van der Waals surface area contributed by atoms with Gasteiger partial charge in [0.15, 0.2) is 0 Å². The molecule has 2 aromatic rings. The Kier molecular flexibility index (Phi) is 3.51. The van der Waals surface area contributed by atoms with E-state index in [-0.39, 0.29) is 0 Å². The lowest BCUT2D eigenvalue weighted by Gasteiger charge is -2.02. The van der Waals surface area contributed by atoms with Crippen LogP contribution in [0.3, 0.4) is 0 Å². The highest BCUT2D eigenvalue weighted by Crippen LogP contribution is 2.22. The molecule has 0 aliphatic rings. The number of benzene rings is 1. The fourth-order valence-corrected chi connectivity index (χ4v) is 1.60. The molecule has 0 bridgehead atoms. The van der Waals surface area contributed by atoms with Crippen LogP contribution in [0.15, 0.2) is 42.6 Å². The van der Waals surface area contributed by atoms with Gasteiger partial charge in [-0.15, -0.1) is 0 Å². The molecule has 0 atom stereocenters. The maximum atomic E-state index is 3.97. The lowest BCUT2D eigenvalue weighted by Crippen LogP contribution is -2.03. The van der Waals surface area contributed by atoms with Crippen LogP contribution in [0.5, 0.6) is 0 Å². The summed E-state index contributed by atoms with van der Waals surface area (Å²) in [7, 11) is 1.94. The molecule has 2 rings (SSSR count). The molecule has 3 nitrogen and oxygen atoms in total. The maximum Gasteiger partial charge on any atom is 0.0656 e. The normalized spacial score (nSPS) is 11.1. The molecule has 0 spiro atoms. The second kappa shape index (κ2) is 5.28. The fraction of sp³-hybridized carbons (Fsp3) is 0.154. The summed E-state index contributed by atoms with van der Waals surface area (Å²) in [4.78, 5) is 0. The van der Waals surface area contributed by atoms with E-state index in [1.807, 2.05) is 25.2 Å². The first-order valence-electron chi connectivity index (χ1n) is 5.31. The first-order chi connectivity index (χ1) is 7.92. The van der Waals surface area contributed by atoms with E-state index < -0.39 is 0 Å². The number of likely N-dealkylation sites (N-methyl/N-ethyl adjacent to an activating group) is 1. The Bertz CT molecular complexity index is 458. The Morgan fingerprint density at radius 1 is 1.31 bits per heavy atom. The highest BCUT2D eigenvalue weighted by Gasteiger charge is 2.02. The topological polar surface area (TPSA) is 40.7 Å². The molecular formula is C13H15N3. The van der Waals surface area contributed by atoms with Crippen molar-refractivity contribution in [3.05, 3.63) is 48.2 Å². The Balaban J connectivity index is 2.31. The predicted octanol–water partition coefficient (Wildman–Crippen LogP) is 2.31. The van der Waals surface area contributed by atoms with Crippen molar-refractivity contribution in [2.45, 2.75) is 0 Å². The molecule has 1 aromatic heterocycles. The van der Waals surface area contributed by atoms with Crippen LogP contribution in [0.2, 0.25) is 0 Å². The number of aromatic nitrogens is 2. The van der Waals surface area contributed by atoms with Crippen molar-refractivity contribution in [1.82, 2.24) is 15.5 Å². The quantitative estimate of drug-likeness (QED) is 0.818. The summed E-state index contributed by atoms with van der Waals surface area (Å²) >= 11 is 0. The number of rotatable bonds is 4. The van der Waals surface area contributed by atoms with Gasteiger partial charge in [-0.2, -0.15) is 5.10 Å². The molecule has 0 aliphatic heterocycles. The molecule has 2 N–H and O–H groups in total. The summed E-state index contributed by atoms with van der Waals surface area (Å²) in [5.41, 5.74) is 3.42. The molecule has 82 valence electrons. The van der Waals surface area contributed by atoms with Crippen LogP contribution >= 0.6 is 0 Å². The van der Waals surface area contributed by atoms with Crippen LogP contribution in [0.4, 0.5) is 0 Å². The minimum Gasteiger partial charge on any atom is -0.316 e. The lowest BCUT2D eigenvalue weighted by molar-refractivity contribution is 0.922. The molecule has 0 fully saturated rings. The first-order valence-corrected chi connectivity index (χ1v) is 5.31. The van der Waals surface area contributed by atoms with Crippen molar-refractivity contribution in [3.63, 3.8) is 0 Å². The van der Waals surface area contributed by atoms with Crippen molar-refractivity contribution in [2.75, 3.05) is 13.6 Å². The van der Waals surface area contributed by atoms with E-state index in [9.17, 15) is 0 Å². The third-order valence-electron chi connectivity index (χ3n) is 2.37. The van der Waals surface area contributed by atoms with Crippen LogP contribution in [-0.2, 0) is 0 Å². The second-order valence-electron chi connectivity index (χ2n) is 3.52. The van der Waals surface area contributed by atoms with Crippen LogP contribution < -0.4 is 5.32 Å². The maximum absolute atomic E-state index is 3.97. The number of nitrogens with one attached hydrogen (secondary N) is 2. The van der Waals surface area contributed by atoms with Gasteiger partial charge < -0.3 is 5.32 Å². The molecule has 0 amide bonds. The van der Waals surface area contributed by atoms with E-state index >= 15 is 0 Å². The molecule has 1 heterocycles. The van der Waals surface area contributed by atoms with E-state index in [2.05, 4.69) is 39.8 Å². The third kappa shape index (κ3) is 2.38. The fourth-order valence-electron chi connectivity index (χ4n) is 1.60. The van der Waals surface area contributed by atoms with Gasteiger partial charge in [-0.3, -0.25) is 5.10 Å². The minimum atomic E-state index is 0.872. The summed E-state index contributed by atoms with van der Waals surface area (Å²) < 4.78 is 0. The average Bonchev–Trinajstić information content (AvgIpc) is 2.83. The van der Waals surface area contributed by atoms with Gasteiger partial charge in [0.05, 0.1) is 5.69 Å². The van der Waals surface area contributed by atoms with Crippen molar-refractivity contribution in [2.24, 2.45) is 0 Å². The molecule has 0 saturated heterocycles. The zero-order valence-electron chi connectivity index (χ0n) is 9.27. The van der Waals surface area contributed by atoms with E-state index in [0.717, 1.165) is 12.2 Å². The highest BCUT2D eigenvalue weighted by molar-refractivity contribution is 5.72. The van der Waals surface area contributed by atoms with Crippen molar-refractivity contribution < 1.29 is 0 Å². The van der Waals surface area contributed by atoms with Gasteiger partial charge in [0.25, 0.3) is 0 Å². The molecule has 3 heteroatoms. The first kappa shape index (κ1) is 10.6. The molecular weight excluding hydrogens is 198 g/mol. The largest absolute Gasteiger partial charge is 0.316 e. The van der Waals surface area contributed by atoms with Gasteiger partial charge in [0.2, 0.25) is 0 Å². The minimum absolute atomic E-state index is 0.872. The molecule has 0 aliphatic carbocycles. The van der Waals surface area contributed by atoms with Crippen LogP contribution in [0.25, 0.3) is 17.3 Å². The van der Waals surface area contributed by atoms with Crippen molar-refractivity contribution >= 4 is 6.08 Å². The lowest BCUT2D eigenvalue weighted by atomic mass is 10.0. The van der Waals surface area contributed by atoms with Crippen molar-refractivity contribution in [3.8, 4) is 11.3 Å². The van der Waals surface area contributed by atoms with Crippen LogP contribution in [0.1, 0.15) is 5.56 Å². The summed E-state index contributed by atoms with van der Waals surface area (Å²) in [6.07, 6.45) is 5.99. The van der Waals surface area contributed by atoms with E-state index in [0.29, 0.717) is 0 Å². The van der Waals surface area contributed by atoms with Crippen LogP contribution in [-0.4, -0.2) is 23.8 Å². The number of nitrogens with zero attached hydrogens (tertiary/aromatic N) is 1. The Morgan fingerprint density at radius 2 is 2.19 bits per heavy atom. The average molecular weight is 213 g/mol. The summed E-state index contributed by atoms with van der Waals surface area (Å²) in [6.45, 7) is 0.872.